The van der Waals surface area contributed by atoms with Crippen molar-refractivity contribution in [3.05, 3.63) is 42.0 Å². The van der Waals surface area contributed by atoms with Gasteiger partial charge in [0.25, 0.3) is 5.91 Å². The van der Waals surface area contributed by atoms with Crippen molar-refractivity contribution >= 4 is 28.9 Å². The average molecular weight is 480 g/mol. The molecule has 2 aromatic rings. The van der Waals surface area contributed by atoms with Crippen LogP contribution in [0.5, 0.6) is 11.5 Å². The van der Waals surface area contributed by atoms with E-state index in [9.17, 15) is 19.8 Å². The number of hydrogen-bond acceptors (Lipinski definition) is 7. The first-order valence-corrected chi connectivity index (χ1v) is 12.5. The Balaban J connectivity index is 1.07. The number of fused-ring (bicyclic) bond motifs is 3. The second-order valence-electron chi connectivity index (χ2n) is 9.54. The van der Waals surface area contributed by atoms with E-state index < -0.39 is 0 Å². The molecule has 9 heteroatoms. The van der Waals surface area contributed by atoms with Gasteiger partial charge in [0.1, 0.15) is 6.04 Å². The molecule has 2 amide bonds. The largest absolute Gasteiger partial charge is 0.504 e. The van der Waals surface area contributed by atoms with Gasteiger partial charge in [0.05, 0.1) is 11.4 Å². The number of nitrogens with zero attached hydrogens (tertiary/aromatic N) is 3. The normalized spacial score (nSPS) is 20.1. The highest BCUT2D eigenvalue weighted by molar-refractivity contribution is 6.05. The first-order chi connectivity index (χ1) is 17.0. The Hall–Kier alpha value is -3.46. The van der Waals surface area contributed by atoms with Crippen LogP contribution in [0.15, 0.2) is 36.4 Å². The second kappa shape index (κ2) is 10.0. The summed E-state index contributed by atoms with van der Waals surface area (Å²) >= 11 is 0. The molecule has 35 heavy (non-hydrogen) atoms. The summed E-state index contributed by atoms with van der Waals surface area (Å²) in [6.07, 6.45) is 3.88. The van der Waals surface area contributed by atoms with Crippen LogP contribution in [0.3, 0.4) is 0 Å². The summed E-state index contributed by atoms with van der Waals surface area (Å²) in [7, 11) is 0. The van der Waals surface area contributed by atoms with Gasteiger partial charge in [0, 0.05) is 56.6 Å². The van der Waals surface area contributed by atoms with E-state index in [4.69, 9.17) is 0 Å². The lowest BCUT2D eigenvalue weighted by molar-refractivity contribution is -0.118. The van der Waals surface area contributed by atoms with Gasteiger partial charge in [0.2, 0.25) is 5.91 Å². The third-order valence-electron chi connectivity index (χ3n) is 7.26. The van der Waals surface area contributed by atoms with E-state index in [0.29, 0.717) is 12.1 Å². The van der Waals surface area contributed by atoms with Gasteiger partial charge in [-0.2, -0.15) is 0 Å². The molecule has 3 heterocycles. The molecule has 4 N–H and O–H groups in total. The number of phenolic OH excluding ortho intramolecular Hbond substituents is 2. The fourth-order valence-electron chi connectivity index (χ4n) is 5.28. The van der Waals surface area contributed by atoms with E-state index >= 15 is 0 Å². The van der Waals surface area contributed by atoms with Crippen molar-refractivity contribution in [2.24, 2.45) is 0 Å². The van der Waals surface area contributed by atoms with Gasteiger partial charge in [-0.05, 0) is 62.6 Å². The summed E-state index contributed by atoms with van der Waals surface area (Å²) in [6, 6.07) is 10.4. The number of aromatic hydroxyl groups is 2. The molecule has 0 aliphatic carbocycles. The Morgan fingerprint density at radius 2 is 1.83 bits per heavy atom. The van der Waals surface area contributed by atoms with Crippen molar-refractivity contribution < 1.29 is 19.8 Å². The summed E-state index contributed by atoms with van der Waals surface area (Å²) < 4.78 is 0. The molecule has 186 valence electrons. The SMILES string of the molecule is O=C(NCCCN1CCN(c2ccc(O)c(O)c2)CC1)c1ccc2c(c1)NC(=O)C1CCCCN21. The molecule has 5 rings (SSSR count). The standard InChI is InChI=1S/C26H33N5O4/c32-23-8-6-19(17-24(23)33)30-14-12-29(13-15-30)10-3-9-27-25(34)18-5-7-21-20(16-18)28-26(35)22-4-1-2-11-31(21)22/h5-8,16-17,22,32-33H,1-4,9-15H2,(H,27,34)(H,28,35). The smallest absolute Gasteiger partial charge is 0.251 e. The van der Waals surface area contributed by atoms with Crippen LogP contribution in [0.4, 0.5) is 17.1 Å². The summed E-state index contributed by atoms with van der Waals surface area (Å²) in [6.45, 7) is 5.84. The number of nitrogens with one attached hydrogen (secondary N) is 2. The maximum atomic E-state index is 12.7. The molecular formula is C26H33N5O4. The quantitative estimate of drug-likeness (QED) is 0.372. The van der Waals surface area contributed by atoms with Crippen molar-refractivity contribution in [1.29, 1.82) is 0 Å². The van der Waals surface area contributed by atoms with E-state index in [-0.39, 0.29) is 29.4 Å². The lowest BCUT2D eigenvalue weighted by Gasteiger charge is -2.41. The molecule has 0 saturated carbocycles. The second-order valence-corrected chi connectivity index (χ2v) is 9.54. The Labute approximate surface area is 205 Å². The van der Waals surface area contributed by atoms with Crippen molar-refractivity contribution in [2.75, 3.05) is 60.9 Å². The van der Waals surface area contributed by atoms with Crippen LogP contribution in [0, 0.1) is 0 Å². The van der Waals surface area contributed by atoms with Crippen molar-refractivity contribution in [1.82, 2.24) is 10.2 Å². The van der Waals surface area contributed by atoms with Gasteiger partial charge in [-0.1, -0.05) is 0 Å². The average Bonchev–Trinajstić information content (AvgIpc) is 2.88. The fourth-order valence-corrected chi connectivity index (χ4v) is 5.28. The highest BCUT2D eigenvalue weighted by Gasteiger charge is 2.34. The first-order valence-electron chi connectivity index (χ1n) is 12.5. The number of piperazine rings is 1. The predicted octanol–water partition coefficient (Wildman–Crippen LogP) is 2.35. The molecule has 0 bridgehead atoms. The number of benzene rings is 2. The molecule has 2 saturated heterocycles. The maximum Gasteiger partial charge on any atom is 0.251 e. The van der Waals surface area contributed by atoms with Gasteiger partial charge in [0.15, 0.2) is 11.5 Å². The van der Waals surface area contributed by atoms with Crippen molar-refractivity contribution in [3.8, 4) is 11.5 Å². The zero-order valence-electron chi connectivity index (χ0n) is 19.9. The number of phenols is 2. The molecule has 0 spiro atoms. The van der Waals surface area contributed by atoms with E-state index in [2.05, 4.69) is 25.3 Å². The van der Waals surface area contributed by atoms with Crippen LogP contribution < -0.4 is 20.4 Å². The number of piperidine rings is 1. The lowest BCUT2D eigenvalue weighted by atomic mass is 9.97. The van der Waals surface area contributed by atoms with Crippen LogP contribution in [-0.4, -0.2) is 78.8 Å². The minimum atomic E-state index is -0.125. The molecule has 3 aliphatic rings. The van der Waals surface area contributed by atoms with E-state index in [1.54, 1.807) is 12.1 Å². The van der Waals surface area contributed by atoms with Gasteiger partial charge in [-0.15, -0.1) is 0 Å². The molecule has 1 atom stereocenters. The monoisotopic (exact) mass is 479 g/mol. The summed E-state index contributed by atoms with van der Waals surface area (Å²) in [5.74, 6) is -0.306. The Bertz CT molecular complexity index is 1100. The first kappa shape index (κ1) is 23.3. The number of carbonyl (C=O) groups is 2. The highest BCUT2D eigenvalue weighted by Crippen LogP contribution is 2.36. The van der Waals surface area contributed by atoms with Crippen LogP contribution in [0.1, 0.15) is 36.0 Å². The number of rotatable bonds is 6. The summed E-state index contributed by atoms with van der Waals surface area (Å²) in [4.78, 5) is 31.9. The zero-order chi connectivity index (χ0) is 24.4. The number of amides is 2. The number of anilines is 3. The maximum absolute atomic E-state index is 12.7. The molecule has 0 aromatic heterocycles. The Kier molecular flexibility index (Phi) is 6.68. The van der Waals surface area contributed by atoms with Crippen LogP contribution in [0.2, 0.25) is 0 Å². The minimum Gasteiger partial charge on any atom is -0.504 e. The van der Waals surface area contributed by atoms with Gasteiger partial charge >= 0.3 is 0 Å². The molecular weight excluding hydrogens is 446 g/mol. The Morgan fingerprint density at radius 3 is 2.63 bits per heavy atom. The van der Waals surface area contributed by atoms with Gasteiger partial charge < -0.3 is 30.6 Å². The topological polar surface area (TPSA) is 108 Å². The van der Waals surface area contributed by atoms with Crippen LogP contribution in [0.25, 0.3) is 0 Å². The third kappa shape index (κ3) is 5.00. The number of carbonyl (C=O) groups excluding carboxylic acids is 2. The van der Waals surface area contributed by atoms with Crippen molar-refractivity contribution in [3.63, 3.8) is 0 Å². The van der Waals surface area contributed by atoms with Crippen LogP contribution in [-0.2, 0) is 4.79 Å². The van der Waals surface area contributed by atoms with Gasteiger partial charge in [-0.3, -0.25) is 14.5 Å². The third-order valence-corrected chi connectivity index (χ3v) is 7.26. The predicted molar refractivity (Wildman–Crippen MR) is 135 cm³/mol. The molecule has 2 aromatic carbocycles. The minimum absolute atomic E-state index is 0.0251. The lowest BCUT2D eigenvalue weighted by Crippen LogP contribution is -2.50. The number of hydrogen-bond donors (Lipinski definition) is 4. The Morgan fingerprint density at radius 1 is 1.00 bits per heavy atom. The summed E-state index contributed by atoms with van der Waals surface area (Å²) in [5.41, 5.74) is 3.20. The van der Waals surface area contributed by atoms with E-state index in [1.165, 1.54) is 6.07 Å². The zero-order valence-corrected chi connectivity index (χ0v) is 19.9. The van der Waals surface area contributed by atoms with Gasteiger partial charge in [-0.25, -0.2) is 0 Å². The van der Waals surface area contributed by atoms with E-state index in [0.717, 1.165) is 82.0 Å². The highest BCUT2D eigenvalue weighted by atomic mass is 16.3. The van der Waals surface area contributed by atoms with Crippen molar-refractivity contribution in [2.45, 2.75) is 31.7 Å². The van der Waals surface area contributed by atoms with Crippen LogP contribution >= 0.6 is 0 Å². The fraction of sp³-hybridized carbons (Fsp3) is 0.462. The summed E-state index contributed by atoms with van der Waals surface area (Å²) in [5, 5.41) is 25.2. The molecule has 9 nitrogen and oxygen atoms in total. The molecule has 3 aliphatic heterocycles. The van der Waals surface area contributed by atoms with E-state index in [1.807, 2.05) is 18.2 Å². The molecule has 1 unspecified atom stereocenters. The molecule has 2 fully saturated rings. The molecule has 0 radical (unpaired) electrons.